The Bertz CT molecular complexity index is 596. The molecule has 4 heteroatoms. The van der Waals surface area contributed by atoms with Crippen LogP contribution in [-0.4, -0.2) is 45.7 Å². The van der Waals surface area contributed by atoms with Gasteiger partial charge in [0.15, 0.2) is 0 Å². The topological polar surface area (TPSA) is 31.9 Å². The number of hydrogen-bond acceptors (Lipinski definition) is 3. The number of aromatic nitrogens is 2. The number of nitrogens with one attached hydrogen (secondary N) is 1. The number of aromatic amines is 1. The Labute approximate surface area is 136 Å². The highest BCUT2D eigenvalue weighted by atomic mass is 32.2. The van der Waals surface area contributed by atoms with E-state index in [1.54, 1.807) is 0 Å². The normalized spacial score (nSPS) is 23.9. The minimum Gasteiger partial charge on any atom is -0.299 e. The van der Waals surface area contributed by atoms with Gasteiger partial charge in [-0.2, -0.15) is 16.9 Å². The second kappa shape index (κ2) is 6.47. The summed E-state index contributed by atoms with van der Waals surface area (Å²) in [5.74, 6) is 3.32. The molecule has 1 aromatic heterocycles. The van der Waals surface area contributed by atoms with Crippen molar-refractivity contribution in [2.24, 2.45) is 0 Å². The van der Waals surface area contributed by atoms with Gasteiger partial charge in [-0.25, -0.2) is 0 Å². The summed E-state index contributed by atoms with van der Waals surface area (Å²) in [6.07, 6.45) is 5.88. The van der Waals surface area contributed by atoms with Crippen molar-refractivity contribution in [1.29, 1.82) is 0 Å². The molecule has 0 aliphatic carbocycles. The van der Waals surface area contributed by atoms with Crippen LogP contribution in [-0.2, 0) is 0 Å². The third kappa shape index (κ3) is 2.82. The lowest BCUT2D eigenvalue weighted by Crippen LogP contribution is -2.41. The monoisotopic (exact) mass is 313 g/mol. The van der Waals surface area contributed by atoms with E-state index < -0.39 is 0 Å². The van der Waals surface area contributed by atoms with Crippen LogP contribution in [0.1, 0.15) is 30.9 Å². The van der Waals surface area contributed by atoms with Crippen molar-refractivity contribution in [3.8, 4) is 11.1 Å². The summed E-state index contributed by atoms with van der Waals surface area (Å²) in [5, 5.41) is 7.61. The summed E-state index contributed by atoms with van der Waals surface area (Å²) in [6.45, 7) is 2.48. The molecule has 22 heavy (non-hydrogen) atoms. The smallest absolute Gasteiger partial charge is 0.0568 e. The van der Waals surface area contributed by atoms with E-state index in [0.717, 1.165) is 6.04 Å². The van der Waals surface area contributed by atoms with Crippen molar-refractivity contribution in [2.45, 2.75) is 31.2 Å². The van der Waals surface area contributed by atoms with Gasteiger partial charge in [-0.3, -0.25) is 10.00 Å². The van der Waals surface area contributed by atoms with E-state index in [9.17, 15) is 0 Å². The first-order valence-electron chi connectivity index (χ1n) is 8.32. The molecule has 3 heterocycles. The molecule has 1 aromatic carbocycles. The van der Waals surface area contributed by atoms with Gasteiger partial charge in [-0.1, -0.05) is 30.3 Å². The number of hydrogen-bond donors (Lipinski definition) is 1. The van der Waals surface area contributed by atoms with Crippen LogP contribution in [0, 0.1) is 0 Å². The Morgan fingerprint density at radius 1 is 1.09 bits per heavy atom. The van der Waals surface area contributed by atoms with Gasteiger partial charge in [-0.05, 0) is 43.7 Å². The third-order valence-corrected chi connectivity index (χ3v) is 6.26. The molecule has 1 unspecified atom stereocenters. The van der Waals surface area contributed by atoms with Crippen LogP contribution >= 0.6 is 11.8 Å². The van der Waals surface area contributed by atoms with E-state index in [-0.39, 0.29) is 0 Å². The summed E-state index contributed by atoms with van der Waals surface area (Å²) >= 11 is 2.12. The molecule has 2 aliphatic heterocycles. The van der Waals surface area contributed by atoms with E-state index in [0.29, 0.717) is 5.92 Å². The zero-order chi connectivity index (χ0) is 14.8. The van der Waals surface area contributed by atoms with Crippen LogP contribution in [0.15, 0.2) is 36.5 Å². The molecule has 0 spiro atoms. The lowest BCUT2D eigenvalue weighted by Gasteiger charge is -2.35. The maximum atomic E-state index is 4.33. The minimum atomic E-state index is 0.628. The SMILES string of the molecule is c1ccc(-c2cn[nH]c2C2CCN(C3CCSC3)CC2)cc1. The van der Waals surface area contributed by atoms with Gasteiger partial charge in [0.25, 0.3) is 0 Å². The highest BCUT2D eigenvalue weighted by molar-refractivity contribution is 7.99. The van der Waals surface area contributed by atoms with E-state index >= 15 is 0 Å². The zero-order valence-corrected chi connectivity index (χ0v) is 13.7. The Kier molecular flexibility index (Phi) is 4.22. The van der Waals surface area contributed by atoms with Crippen molar-refractivity contribution < 1.29 is 0 Å². The molecule has 0 radical (unpaired) electrons. The first-order chi connectivity index (χ1) is 10.9. The van der Waals surface area contributed by atoms with Crippen LogP contribution in [0.4, 0.5) is 0 Å². The Morgan fingerprint density at radius 3 is 2.64 bits per heavy atom. The van der Waals surface area contributed by atoms with Crippen LogP contribution < -0.4 is 0 Å². The van der Waals surface area contributed by atoms with Gasteiger partial charge in [-0.15, -0.1) is 0 Å². The van der Waals surface area contributed by atoms with E-state index in [2.05, 4.69) is 57.2 Å². The first-order valence-corrected chi connectivity index (χ1v) is 9.48. The molecule has 0 bridgehead atoms. The Morgan fingerprint density at radius 2 is 1.91 bits per heavy atom. The number of H-pyrrole nitrogens is 1. The number of likely N-dealkylation sites (tertiary alicyclic amines) is 1. The number of nitrogens with zero attached hydrogens (tertiary/aromatic N) is 2. The maximum absolute atomic E-state index is 4.33. The summed E-state index contributed by atoms with van der Waals surface area (Å²) < 4.78 is 0. The molecule has 1 atom stereocenters. The fourth-order valence-corrected chi connectivity index (χ4v) is 5.07. The first kappa shape index (κ1) is 14.3. The minimum absolute atomic E-state index is 0.628. The predicted molar refractivity (Wildman–Crippen MR) is 93.3 cm³/mol. The molecule has 2 fully saturated rings. The largest absolute Gasteiger partial charge is 0.299 e. The van der Waals surface area contributed by atoms with Crippen molar-refractivity contribution in [2.75, 3.05) is 24.6 Å². The molecule has 2 saturated heterocycles. The molecule has 1 N–H and O–H groups in total. The van der Waals surface area contributed by atoms with E-state index in [1.165, 1.54) is 60.7 Å². The highest BCUT2D eigenvalue weighted by Gasteiger charge is 2.29. The highest BCUT2D eigenvalue weighted by Crippen LogP contribution is 2.35. The molecular formula is C18H23N3S. The molecule has 0 saturated carbocycles. The second-order valence-corrected chi connectivity index (χ2v) is 7.54. The van der Waals surface area contributed by atoms with Crippen LogP contribution in [0.3, 0.4) is 0 Å². The van der Waals surface area contributed by atoms with Crippen molar-refractivity contribution >= 4 is 11.8 Å². The molecule has 3 nitrogen and oxygen atoms in total. The molecule has 116 valence electrons. The van der Waals surface area contributed by atoms with Crippen LogP contribution in [0.2, 0.25) is 0 Å². The van der Waals surface area contributed by atoms with Gasteiger partial charge in [0.05, 0.1) is 6.20 Å². The summed E-state index contributed by atoms with van der Waals surface area (Å²) in [7, 11) is 0. The molecule has 0 amide bonds. The van der Waals surface area contributed by atoms with Crippen molar-refractivity contribution in [3.05, 3.63) is 42.2 Å². The molecule has 2 aromatic rings. The Balaban J connectivity index is 1.47. The standard InChI is InChI=1S/C18H23N3S/c1-2-4-14(5-3-1)17-12-19-20-18(17)15-6-9-21(10-7-15)16-8-11-22-13-16/h1-5,12,15-16H,6-11,13H2,(H,19,20). The predicted octanol–water partition coefficient (Wildman–Crippen LogP) is 3.76. The lowest BCUT2D eigenvalue weighted by atomic mass is 9.89. The quantitative estimate of drug-likeness (QED) is 0.936. The van der Waals surface area contributed by atoms with Crippen LogP contribution in [0.5, 0.6) is 0 Å². The fourth-order valence-electron chi connectivity index (χ4n) is 3.82. The van der Waals surface area contributed by atoms with Gasteiger partial charge in [0.2, 0.25) is 0 Å². The number of thioether (sulfide) groups is 1. The fraction of sp³-hybridized carbons (Fsp3) is 0.500. The second-order valence-electron chi connectivity index (χ2n) is 6.39. The van der Waals surface area contributed by atoms with Gasteiger partial charge in [0, 0.05) is 29.0 Å². The number of piperidine rings is 1. The van der Waals surface area contributed by atoms with Crippen LogP contribution in [0.25, 0.3) is 11.1 Å². The van der Waals surface area contributed by atoms with Crippen molar-refractivity contribution in [1.82, 2.24) is 15.1 Å². The summed E-state index contributed by atoms with van der Waals surface area (Å²) in [4.78, 5) is 2.72. The van der Waals surface area contributed by atoms with Gasteiger partial charge >= 0.3 is 0 Å². The van der Waals surface area contributed by atoms with Crippen molar-refractivity contribution in [3.63, 3.8) is 0 Å². The summed E-state index contributed by atoms with van der Waals surface area (Å²) in [6, 6.07) is 11.5. The van der Waals surface area contributed by atoms with Gasteiger partial charge in [0.1, 0.15) is 0 Å². The van der Waals surface area contributed by atoms with E-state index in [1.807, 2.05) is 6.20 Å². The molecule has 4 rings (SSSR count). The average molecular weight is 313 g/mol. The van der Waals surface area contributed by atoms with Gasteiger partial charge < -0.3 is 0 Å². The Hall–Kier alpha value is -1.26. The number of rotatable bonds is 3. The zero-order valence-electron chi connectivity index (χ0n) is 12.9. The molecule has 2 aliphatic rings. The summed E-state index contributed by atoms with van der Waals surface area (Å²) in [5.41, 5.74) is 3.91. The maximum Gasteiger partial charge on any atom is 0.0568 e. The number of benzene rings is 1. The van der Waals surface area contributed by atoms with E-state index in [4.69, 9.17) is 0 Å². The average Bonchev–Trinajstić information content (AvgIpc) is 3.28. The molecular weight excluding hydrogens is 290 g/mol. The third-order valence-electron chi connectivity index (χ3n) is 5.11. The lowest BCUT2D eigenvalue weighted by molar-refractivity contribution is 0.164.